The van der Waals surface area contributed by atoms with E-state index in [1.165, 1.54) is 64.2 Å². The lowest BCUT2D eigenvalue weighted by Crippen LogP contribution is -2.50. The third-order valence-electron chi connectivity index (χ3n) is 10.9. The van der Waals surface area contributed by atoms with E-state index >= 15 is 0 Å². The molecule has 2 unspecified atom stereocenters. The summed E-state index contributed by atoms with van der Waals surface area (Å²) in [4.78, 5) is 0. The Kier molecular flexibility index (Phi) is 6.29. The Hall–Kier alpha value is -0.300. The van der Waals surface area contributed by atoms with Crippen LogP contribution in [0.15, 0.2) is 11.6 Å². The number of aliphatic hydroxyl groups excluding tert-OH is 1. The van der Waals surface area contributed by atoms with Crippen molar-refractivity contribution in [3.05, 3.63) is 11.6 Å². The molecule has 29 heavy (non-hydrogen) atoms. The number of hydrogen-bond acceptors (Lipinski definition) is 1. The van der Waals surface area contributed by atoms with Gasteiger partial charge in [-0.1, -0.05) is 72.0 Å². The average Bonchev–Trinajstić information content (AvgIpc) is 3.05. The molecule has 3 fully saturated rings. The van der Waals surface area contributed by atoms with Crippen molar-refractivity contribution in [2.75, 3.05) is 0 Å². The first kappa shape index (κ1) is 21.9. The molecular weight excluding hydrogens is 352 g/mol. The minimum absolute atomic E-state index is 0.0770. The van der Waals surface area contributed by atoms with Crippen molar-refractivity contribution >= 4 is 0 Å². The summed E-state index contributed by atoms with van der Waals surface area (Å²) < 4.78 is 0. The fourth-order valence-electron chi connectivity index (χ4n) is 8.81. The summed E-state index contributed by atoms with van der Waals surface area (Å²) in [5.41, 5.74) is 2.60. The van der Waals surface area contributed by atoms with Crippen molar-refractivity contribution in [2.45, 2.75) is 118 Å². The molecule has 1 nitrogen and oxygen atoms in total. The van der Waals surface area contributed by atoms with Gasteiger partial charge in [-0.3, -0.25) is 0 Å². The van der Waals surface area contributed by atoms with E-state index in [9.17, 15) is 5.11 Å². The van der Waals surface area contributed by atoms with E-state index in [1.807, 2.05) is 0 Å². The van der Waals surface area contributed by atoms with E-state index in [2.05, 4.69) is 40.7 Å². The first-order chi connectivity index (χ1) is 13.8. The lowest BCUT2D eigenvalue weighted by atomic mass is 9.47. The quantitative estimate of drug-likeness (QED) is 0.451. The zero-order valence-electron chi connectivity index (χ0n) is 20.1. The molecule has 0 amide bonds. The number of aliphatic hydroxyl groups is 1. The zero-order chi connectivity index (χ0) is 20.8. The van der Waals surface area contributed by atoms with Crippen LogP contribution in [-0.2, 0) is 0 Å². The molecule has 0 aromatic rings. The van der Waals surface area contributed by atoms with Gasteiger partial charge in [0.25, 0.3) is 0 Å². The summed E-state index contributed by atoms with van der Waals surface area (Å²) in [6.07, 6.45) is 18.6. The van der Waals surface area contributed by atoms with E-state index in [-0.39, 0.29) is 6.10 Å². The highest BCUT2D eigenvalue weighted by Crippen LogP contribution is 2.67. The van der Waals surface area contributed by atoms with Gasteiger partial charge in [0, 0.05) is 0 Å². The maximum absolute atomic E-state index is 10.2. The van der Waals surface area contributed by atoms with Gasteiger partial charge in [0.1, 0.15) is 0 Å². The third-order valence-corrected chi connectivity index (χ3v) is 10.9. The van der Waals surface area contributed by atoms with Crippen molar-refractivity contribution in [2.24, 2.45) is 46.3 Å². The Morgan fingerprint density at radius 3 is 2.59 bits per heavy atom. The Labute approximate surface area is 181 Å². The predicted molar refractivity (Wildman–Crippen MR) is 124 cm³/mol. The fraction of sp³-hybridized carbons (Fsp3) is 0.929. The second-order valence-electron chi connectivity index (χ2n) is 12.3. The standard InChI is InChI=1S/C28H48O/c1-6-19(2)8-7-9-20(3)24-12-13-25-23-11-10-21-18-22(29)14-16-27(21,4)26(23)15-17-28(24,25)5/h10,19-20,22-26,29H,6-9,11-18H2,1-5H3/t19?,20?,22-,23-,24+,25-,26-,27-,28+/m0/s1. The number of allylic oxidation sites excluding steroid dienone is 1. The average molecular weight is 401 g/mol. The van der Waals surface area contributed by atoms with Crippen molar-refractivity contribution < 1.29 is 5.11 Å². The molecule has 4 aliphatic carbocycles. The van der Waals surface area contributed by atoms with E-state index in [1.54, 1.807) is 5.57 Å². The summed E-state index contributed by atoms with van der Waals surface area (Å²) in [5, 5.41) is 10.2. The Morgan fingerprint density at radius 2 is 1.83 bits per heavy atom. The van der Waals surface area contributed by atoms with Crippen LogP contribution in [0.5, 0.6) is 0 Å². The molecule has 3 saturated carbocycles. The van der Waals surface area contributed by atoms with Gasteiger partial charge in [-0.2, -0.15) is 0 Å². The molecule has 1 heteroatoms. The van der Waals surface area contributed by atoms with E-state index < -0.39 is 0 Å². The van der Waals surface area contributed by atoms with Crippen molar-refractivity contribution in [1.82, 2.24) is 0 Å². The first-order valence-electron chi connectivity index (χ1n) is 13.2. The van der Waals surface area contributed by atoms with Crippen LogP contribution in [0.4, 0.5) is 0 Å². The number of fused-ring (bicyclic) bond motifs is 5. The molecule has 4 rings (SSSR count). The van der Waals surface area contributed by atoms with E-state index in [0.717, 1.165) is 48.3 Å². The highest BCUT2D eigenvalue weighted by atomic mass is 16.3. The third kappa shape index (κ3) is 3.77. The fourth-order valence-corrected chi connectivity index (χ4v) is 8.81. The van der Waals surface area contributed by atoms with Gasteiger partial charge in [-0.25, -0.2) is 0 Å². The minimum Gasteiger partial charge on any atom is -0.393 e. The van der Waals surface area contributed by atoms with Crippen LogP contribution < -0.4 is 0 Å². The Morgan fingerprint density at radius 1 is 1.03 bits per heavy atom. The molecule has 0 spiro atoms. The van der Waals surface area contributed by atoms with Crippen molar-refractivity contribution in [3.63, 3.8) is 0 Å². The summed E-state index contributed by atoms with van der Waals surface area (Å²) in [5.74, 6) is 5.51. The molecule has 0 aromatic heterocycles. The topological polar surface area (TPSA) is 20.2 Å². The van der Waals surface area contributed by atoms with Crippen LogP contribution in [-0.4, -0.2) is 11.2 Å². The van der Waals surface area contributed by atoms with Gasteiger partial charge in [0.05, 0.1) is 6.10 Å². The molecule has 0 saturated heterocycles. The lowest BCUT2D eigenvalue weighted by molar-refractivity contribution is -0.0573. The molecule has 0 heterocycles. The van der Waals surface area contributed by atoms with Gasteiger partial charge in [0.2, 0.25) is 0 Å². The maximum Gasteiger partial charge on any atom is 0.0577 e. The summed E-state index contributed by atoms with van der Waals surface area (Å²) in [6, 6.07) is 0. The van der Waals surface area contributed by atoms with Gasteiger partial charge < -0.3 is 5.11 Å². The molecule has 4 aliphatic rings. The van der Waals surface area contributed by atoms with Gasteiger partial charge in [-0.15, -0.1) is 0 Å². The Balaban J connectivity index is 1.46. The highest BCUT2D eigenvalue weighted by molar-refractivity contribution is 5.25. The minimum atomic E-state index is -0.0770. The largest absolute Gasteiger partial charge is 0.393 e. The molecule has 1 N–H and O–H groups in total. The van der Waals surface area contributed by atoms with Crippen LogP contribution in [0.2, 0.25) is 0 Å². The summed E-state index contributed by atoms with van der Waals surface area (Å²) in [6.45, 7) is 12.6. The van der Waals surface area contributed by atoms with Gasteiger partial charge in [0.15, 0.2) is 0 Å². The van der Waals surface area contributed by atoms with Crippen LogP contribution in [0.3, 0.4) is 0 Å². The molecule has 0 aliphatic heterocycles. The SMILES string of the molecule is CCC(C)CCCC(C)[C@H]1CC[C@H]2[C@@H]3CC=C4C[C@@H](O)CC[C@]4(C)[C@H]3CC[C@]12C. The molecule has 0 aromatic carbocycles. The highest BCUT2D eigenvalue weighted by Gasteiger charge is 2.59. The Bertz CT molecular complexity index is 607. The first-order valence-corrected chi connectivity index (χ1v) is 13.2. The van der Waals surface area contributed by atoms with Crippen LogP contribution in [0.25, 0.3) is 0 Å². The molecule has 0 radical (unpaired) electrons. The van der Waals surface area contributed by atoms with E-state index in [4.69, 9.17) is 0 Å². The summed E-state index contributed by atoms with van der Waals surface area (Å²) in [7, 11) is 0. The second kappa shape index (κ2) is 8.33. The van der Waals surface area contributed by atoms with Gasteiger partial charge >= 0.3 is 0 Å². The number of rotatable bonds is 6. The molecule has 166 valence electrons. The zero-order valence-corrected chi connectivity index (χ0v) is 20.1. The predicted octanol–water partition coefficient (Wildman–Crippen LogP) is 7.78. The van der Waals surface area contributed by atoms with Crippen LogP contribution >= 0.6 is 0 Å². The van der Waals surface area contributed by atoms with Crippen molar-refractivity contribution in [1.29, 1.82) is 0 Å². The van der Waals surface area contributed by atoms with Gasteiger partial charge in [-0.05, 0) is 97.7 Å². The van der Waals surface area contributed by atoms with Crippen LogP contribution in [0.1, 0.15) is 112 Å². The molecule has 0 bridgehead atoms. The lowest BCUT2D eigenvalue weighted by Gasteiger charge is -2.58. The number of hydrogen-bond donors (Lipinski definition) is 1. The molecule has 9 atom stereocenters. The maximum atomic E-state index is 10.2. The smallest absolute Gasteiger partial charge is 0.0577 e. The van der Waals surface area contributed by atoms with Crippen molar-refractivity contribution in [3.8, 4) is 0 Å². The normalized spacial score (nSPS) is 46.3. The second-order valence-corrected chi connectivity index (χ2v) is 12.3. The molecular formula is C28H48O. The summed E-state index contributed by atoms with van der Waals surface area (Å²) >= 11 is 0. The monoisotopic (exact) mass is 400 g/mol. The van der Waals surface area contributed by atoms with Crippen LogP contribution in [0, 0.1) is 46.3 Å². The van der Waals surface area contributed by atoms with E-state index in [0.29, 0.717) is 10.8 Å².